The van der Waals surface area contributed by atoms with Gasteiger partial charge in [-0.15, -0.1) is 0 Å². The number of hydrogen-bond acceptors (Lipinski definition) is 7. The van der Waals surface area contributed by atoms with Crippen LogP contribution in [0.2, 0.25) is 0 Å². The second-order valence-corrected chi connectivity index (χ2v) is 10.8. The van der Waals surface area contributed by atoms with E-state index in [1.807, 2.05) is 6.92 Å². The maximum absolute atomic E-state index is 14.2. The molecule has 11 heteroatoms. The van der Waals surface area contributed by atoms with Crippen LogP contribution in [0.4, 0.5) is 15.0 Å². The van der Waals surface area contributed by atoms with Crippen LogP contribution in [0.25, 0.3) is 0 Å². The van der Waals surface area contributed by atoms with Gasteiger partial charge in [0.1, 0.15) is 6.61 Å². The third kappa shape index (κ3) is 5.32. The van der Waals surface area contributed by atoms with Crippen molar-refractivity contribution in [1.82, 2.24) is 14.6 Å². The SMILES string of the molecule is CC1CC(NS(C)(=O)=O)C2COC3CCC(CC3)c3ccc(F)c(n3)NCCOC(=O)N12. The predicted octanol–water partition coefficient (Wildman–Crippen LogP) is 2.21. The van der Waals surface area contributed by atoms with Crippen molar-refractivity contribution in [2.24, 2.45) is 0 Å². The molecule has 1 amide bonds. The molecule has 2 fully saturated rings. The molecule has 1 saturated carbocycles. The fraction of sp³-hybridized carbons (Fsp3) is 0.714. The first-order valence-electron chi connectivity index (χ1n) is 11.2. The smallest absolute Gasteiger partial charge is 0.410 e. The van der Waals surface area contributed by atoms with Gasteiger partial charge in [-0.1, -0.05) is 0 Å². The Morgan fingerprint density at radius 2 is 2.00 bits per heavy atom. The van der Waals surface area contributed by atoms with Crippen molar-refractivity contribution in [3.63, 3.8) is 0 Å². The summed E-state index contributed by atoms with van der Waals surface area (Å²) >= 11 is 0. The molecule has 4 bridgehead atoms. The third-order valence-corrected chi connectivity index (χ3v) is 7.28. The number of fused-ring (bicyclic) bond motifs is 7. The highest BCUT2D eigenvalue weighted by atomic mass is 32.2. The molecule has 178 valence electrons. The molecule has 4 aliphatic rings. The number of carbonyl (C=O) groups is 1. The Morgan fingerprint density at radius 3 is 2.72 bits per heavy atom. The number of nitrogens with one attached hydrogen (secondary N) is 2. The molecule has 1 aliphatic carbocycles. The first-order chi connectivity index (χ1) is 15.2. The maximum Gasteiger partial charge on any atom is 0.410 e. The largest absolute Gasteiger partial charge is 0.448 e. The Morgan fingerprint density at radius 1 is 1.25 bits per heavy atom. The van der Waals surface area contributed by atoms with E-state index in [0.717, 1.165) is 37.6 Å². The standard InChI is InChI=1S/C21H31FN4O5S/c1-13-11-18(25-32(2,28)29)19-12-31-15-5-3-14(4-6-15)17-8-7-16(22)20(24-17)23-9-10-30-21(27)26(13)19/h7-8,13-15,18-19,25H,3-6,9-12H2,1-2H3,(H,23,24). The summed E-state index contributed by atoms with van der Waals surface area (Å²) in [4.78, 5) is 18.9. The number of sulfonamides is 1. The molecule has 1 aromatic heterocycles. The van der Waals surface area contributed by atoms with Crippen molar-refractivity contribution in [2.45, 2.75) is 69.2 Å². The van der Waals surface area contributed by atoms with E-state index in [-0.39, 0.29) is 43.6 Å². The van der Waals surface area contributed by atoms with Crippen LogP contribution in [0.3, 0.4) is 0 Å². The van der Waals surface area contributed by atoms with E-state index in [9.17, 15) is 17.6 Å². The molecule has 3 atom stereocenters. The Labute approximate surface area is 188 Å². The van der Waals surface area contributed by atoms with Gasteiger partial charge in [-0.05, 0) is 51.2 Å². The summed E-state index contributed by atoms with van der Waals surface area (Å²) in [6, 6.07) is 2.04. The number of halogens is 1. The summed E-state index contributed by atoms with van der Waals surface area (Å²) in [5.74, 6) is -0.0423. The van der Waals surface area contributed by atoms with Gasteiger partial charge in [-0.2, -0.15) is 0 Å². The Kier molecular flexibility index (Phi) is 6.87. The van der Waals surface area contributed by atoms with Gasteiger partial charge in [-0.25, -0.2) is 27.3 Å². The molecule has 0 spiro atoms. The molecule has 32 heavy (non-hydrogen) atoms. The van der Waals surface area contributed by atoms with Gasteiger partial charge in [-0.3, -0.25) is 4.90 Å². The van der Waals surface area contributed by atoms with Crippen molar-refractivity contribution in [3.05, 3.63) is 23.6 Å². The first kappa shape index (κ1) is 23.2. The summed E-state index contributed by atoms with van der Waals surface area (Å²) in [6.07, 6.45) is 4.47. The minimum absolute atomic E-state index is 0.0184. The number of anilines is 1. The molecule has 0 radical (unpaired) electrons. The van der Waals surface area contributed by atoms with Crippen LogP contribution in [0, 0.1) is 5.82 Å². The lowest BCUT2D eigenvalue weighted by Crippen LogP contribution is -2.50. The summed E-state index contributed by atoms with van der Waals surface area (Å²) in [7, 11) is -3.45. The van der Waals surface area contributed by atoms with Crippen molar-refractivity contribution in [2.75, 3.05) is 31.3 Å². The van der Waals surface area contributed by atoms with Gasteiger partial charge in [0.2, 0.25) is 10.0 Å². The van der Waals surface area contributed by atoms with Crippen LogP contribution in [0.1, 0.15) is 50.6 Å². The van der Waals surface area contributed by atoms with E-state index < -0.39 is 34.0 Å². The van der Waals surface area contributed by atoms with Crippen molar-refractivity contribution < 1.29 is 27.1 Å². The number of hydrogen-bond donors (Lipinski definition) is 2. The highest BCUT2D eigenvalue weighted by Crippen LogP contribution is 2.35. The molecule has 3 aliphatic heterocycles. The number of aromatic nitrogens is 1. The molecule has 1 saturated heterocycles. The molecule has 2 N–H and O–H groups in total. The van der Waals surface area contributed by atoms with Crippen LogP contribution in [-0.4, -0.2) is 74.6 Å². The predicted molar refractivity (Wildman–Crippen MR) is 116 cm³/mol. The zero-order valence-corrected chi connectivity index (χ0v) is 19.2. The average molecular weight is 471 g/mol. The molecular weight excluding hydrogens is 439 g/mol. The van der Waals surface area contributed by atoms with Gasteiger partial charge < -0.3 is 14.8 Å². The average Bonchev–Trinajstić information content (AvgIpc) is 3.03. The summed E-state index contributed by atoms with van der Waals surface area (Å²) in [5, 5.41) is 2.93. The number of pyridine rings is 1. The van der Waals surface area contributed by atoms with Crippen LogP contribution in [-0.2, 0) is 19.5 Å². The molecule has 4 heterocycles. The zero-order chi connectivity index (χ0) is 22.9. The van der Waals surface area contributed by atoms with E-state index in [1.54, 1.807) is 11.0 Å². The Hall–Kier alpha value is -1.98. The molecule has 5 rings (SSSR count). The first-order valence-corrected chi connectivity index (χ1v) is 13.0. The summed E-state index contributed by atoms with van der Waals surface area (Å²) < 4.78 is 52.2. The van der Waals surface area contributed by atoms with Gasteiger partial charge in [0.25, 0.3) is 0 Å². The maximum atomic E-state index is 14.2. The third-order valence-electron chi connectivity index (χ3n) is 6.55. The molecular formula is C21H31FN4O5S. The van der Waals surface area contributed by atoms with E-state index in [0.29, 0.717) is 6.42 Å². The monoisotopic (exact) mass is 470 g/mol. The second kappa shape index (κ2) is 9.48. The fourth-order valence-electron chi connectivity index (χ4n) is 5.02. The van der Waals surface area contributed by atoms with Crippen molar-refractivity contribution >= 4 is 21.9 Å². The quantitative estimate of drug-likeness (QED) is 0.682. The molecule has 3 unspecified atom stereocenters. The van der Waals surface area contributed by atoms with Gasteiger partial charge in [0, 0.05) is 23.7 Å². The number of ether oxygens (including phenoxy) is 2. The number of nitrogens with zero attached hydrogens (tertiary/aromatic N) is 2. The zero-order valence-electron chi connectivity index (χ0n) is 18.4. The van der Waals surface area contributed by atoms with E-state index >= 15 is 0 Å². The lowest BCUT2D eigenvalue weighted by Gasteiger charge is -2.33. The molecule has 9 nitrogen and oxygen atoms in total. The van der Waals surface area contributed by atoms with Crippen molar-refractivity contribution in [3.8, 4) is 0 Å². The summed E-state index contributed by atoms with van der Waals surface area (Å²) in [5.41, 5.74) is 0.852. The van der Waals surface area contributed by atoms with Crippen LogP contribution >= 0.6 is 0 Å². The molecule has 0 aromatic carbocycles. The number of amides is 1. The lowest BCUT2D eigenvalue weighted by molar-refractivity contribution is -0.0103. The van der Waals surface area contributed by atoms with Crippen LogP contribution < -0.4 is 10.0 Å². The van der Waals surface area contributed by atoms with Gasteiger partial charge >= 0.3 is 6.09 Å². The van der Waals surface area contributed by atoms with E-state index in [2.05, 4.69) is 15.0 Å². The van der Waals surface area contributed by atoms with E-state index in [1.165, 1.54) is 6.07 Å². The highest BCUT2D eigenvalue weighted by molar-refractivity contribution is 7.88. The normalized spacial score (nSPS) is 31.7. The molecule has 1 aromatic rings. The highest BCUT2D eigenvalue weighted by Gasteiger charge is 2.44. The number of rotatable bonds is 2. The lowest BCUT2D eigenvalue weighted by atomic mass is 9.85. The van der Waals surface area contributed by atoms with Gasteiger partial charge in [0.05, 0.1) is 31.6 Å². The van der Waals surface area contributed by atoms with Crippen molar-refractivity contribution in [1.29, 1.82) is 0 Å². The van der Waals surface area contributed by atoms with Gasteiger partial charge in [0.15, 0.2) is 11.6 Å². The van der Waals surface area contributed by atoms with E-state index in [4.69, 9.17) is 9.47 Å². The Bertz CT molecular complexity index is 938. The summed E-state index contributed by atoms with van der Waals surface area (Å²) in [6.45, 7) is 2.33. The number of carbonyl (C=O) groups excluding carboxylic acids is 1. The minimum atomic E-state index is -3.45. The van der Waals surface area contributed by atoms with Crippen LogP contribution in [0.5, 0.6) is 0 Å². The minimum Gasteiger partial charge on any atom is -0.448 e. The Balaban J connectivity index is 1.55. The fourth-order valence-corrected chi connectivity index (χ4v) is 5.83. The van der Waals surface area contributed by atoms with Crippen LogP contribution in [0.15, 0.2) is 12.1 Å². The topological polar surface area (TPSA) is 110 Å². The second-order valence-electron chi connectivity index (χ2n) is 8.97.